The zero-order valence-corrected chi connectivity index (χ0v) is 10.8. The highest BCUT2D eigenvalue weighted by molar-refractivity contribution is 5.91. The van der Waals surface area contributed by atoms with Crippen LogP contribution < -0.4 is 0 Å². The number of rotatable bonds is 4. The molecule has 0 saturated heterocycles. The first-order chi connectivity index (χ1) is 9.22. The van der Waals surface area contributed by atoms with Crippen molar-refractivity contribution in [3.05, 3.63) is 48.0 Å². The Hall–Kier alpha value is -2.29. The standard InChI is InChI=1S/C16H16O3/c1-2-19-15(17)9-5-7-13-11-10-12-6-3-4-8-14(12)16(13)18/h3-8,10-11,18H,2,9H2,1H3. The topological polar surface area (TPSA) is 46.5 Å². The maximum Gasteiger partial charge on any atom is 0.309 e. The van der Waals surface area contributed by atoms with Gasteiger partial charge in [-0.25, -0.2) is 0 Å². The van der Waals surface area contributed by atoms with Crippen molar-refractivity contribution in [2.24, 2.45) is 0 Å². The van der Waals surface area contributed by atoms with Gasteiger partial charge in [0.05, 0.1) is 13.0 Å². The van der Waals surface area contributed by atoms with Gasteiger partial charge in [-0.05, 0) is 12.3 Å². The van der Waals surface area contributed by atoms with Crippen molar-refractivity contribution in [3.8, 4) is 5.75 Å². The molecule has 0 aromatic heterocycles. The van der Waals surface area contributed by atoms with E-state index in [2.05, 4.69) is 0 Å². The summed E-state index contributed by atoms with van der Waals surface area (Å²) in [6, 6.07) is 11.4. The number of esters is 1. The first kappa shape index (κ1) is 13.1. The van der Waals surface area contributed by atoms with Crippen molar-refractivity contribution >= 4 is 22.8 Å². The van der Waals surface area contributed by atoms with Gasteiger partial charge in [0.1, 0.15) is 5.75 Å². The highest BCUT2D eigenvalue weighted by atomic mass is 16.5. The summed E-state index contributed by atoms with van der Waals surface area (Å²) in [5.74, 6) is -0.0303. The highest BCUT2D eigenvalue weighted by Crippen LogP contribution is 2.29. The van der Waals surface area contributed by atoms with E-state index in [1.165, 1.54) is 0 Å². The lowest BCUT2D eigenvalue weighted by molar-refractivity contribution is -0.142. The van der Waals surface area contributed by atoms with Gasteiger partial charge in [-0.15, -0.1) is 0 Å². The first-order valence-electron chi connectivity index (χ1n) is 6.25. The monoisotopic (exact) mass is 256 g/mol. The minimum atomic E-state index is -0.265. The summed E-state index contributed by atoms with van der Waals surface area (Å²) in [7, 11) is 0. The fourth-order valence-corrected chi connectivity index (χ4v) is 1.91. The number of ether oxygens (including phenoxy) is 1. The van der Waals surface area contributed by atoms with Crippen molar-refractivity contribution in [3.63, 3.8) is 0 Å². The molecule has 0 spiro atoms. The highest BCUT2D eigenvalue weighted by Gasteiger charge is 2.03. The van der Waals surface area contributed by atoms with Gasteiger partial charge in [-0.2, -0.15) is 0 Å². The molecule has 0 amide bonds. The Labute approximate surface area is 112 Å². The van der Waals surface area contributed by atoms with Crippen LogP contribution in [0.4, 0.5) is 0 Å². The van der Waals surface area contributed by atoms with Crippen LogP contribution in [0.15, 0.2) is 42.5 Å². The van der Waals surface area contributed by atoms with E-state index in [0.717, 1.165) is 10.8 Å². The molecule has 0 atom stereocenters. The molecule has 2 aromatic carbocycles. The number of fused-ring (bicyclic) bond motifs is 1. The third kappa shape index (κ3) is 3.13. The van der Waals surface area contributed by atoms with Crippen LogP contribution in [0.2, 0.25) is 0 Å². The van der Waals surface area contributed by atoms with Crippen molar-refractivity contribution < 1.29 is 14.6 Å². The summed E-state index contributed by atoms with van der Waals surface area (Å²) in [4.78, 5) is 11.2. The second-order valence-corrected chi connectivity index (χ2v) is 4.14. The smallest absolute Gasteiger partial charge is 0.309 e. The lowest BCUT2D eigenvalue weighted by Gasteiger charge is -2.04. The number of hydrogen-bond acceptors (Lipinski definition) is 3. The second-order valence-electron chi connectivity index (χ2n) is 4.14. The van der Waals surface area contributed by atoms with Gasteiger partial charge in [-0.1, -0.05) is 48.6 Å². The van der Waals surface area contributed by atoms with E-state index < -0.39 is 0 Å². The summed E-state index contributed by atoms with van der Waals surface area (Å²) < 4.78 is 4.83. The number of hydrogen-bond donors (Lipinski definition) is 1. The van der Waals surface area contributed by atoms with Crippen molar-refractivity contribution in [1.29, 1.82) is 0 Å². The molecular weight excluding hydrogens is 240 g/mol. The molecule has 0 fully saturated rings. The van der Waals surface area contributed by atoms with Crippen LogP contribution >= 0.6 is 0 Å². The summed E-state index contributed by atoms with van der Waals surface area (Å²) in [5.41, 5.74) is 0.697. The normalized spacial score (nSPS) is 11.0. The fraction of sp³-hybridized carbons (Fsp3) is 0.188. The average Bonchev–Trinajstić information content (AvgIpc) is 2.42. The van der Waals surface area contributed by atoms with Gasteiger partial charge < -0.3 is 9.84 Å². The zero-order chi connectivity index (χ0) is 13.7. The largest absolute Gasteiger partial charge is 0.507 e. The SMILES string of the molecule is CCOC(=O)CC=Cc1ccc2ccccc2c1O. The molecule has 19 heavy (non-hydrogen) atoms. The predicted molar refractivity (Wildman–Crippen MR) is 75.9 cm³/mol. The molecule has 0 radical (unpaired) electrons. The van der Waals surface area contributed by atoms with Crippen LogP contribution in [-0.2, 0) is 9.53 Å². The Morgan fingerprint density at radius 1 is 1.26 bits per heavy atom. The van der Waals surface area contributed by atoms with E-state index in [-0.39, 0.29) is 18.1 Å². The Bertz CT molecular complexity index is 614. The molecule has 0 aliphatic rings. The molecule has 2 rings (SSSR count). The van der Waals surface area contributed by atoms with Gasteiger partial charge in [0.15, 0.2) is 0 Å². The molecular formula is C16H16O3. The second kappa shape index (κ2) is 6.05. The minimum Gasteiger partial charge on any atom is -0.507 e. The molecule has 0 saturated carbocycles. The number of carbonyl (C=O) groups is 1. The molecule has 0 heterocycles. The maximum atomic E-state index is 11.2. The van der Waals surface area contributed by atoms with Crippen LogP contribution in [-0.4, -0.2) is 17.7 Å². The van der Waals surface area contributed by atoms with Crippen molar-refractivity contribution in [2.45, 2.75) is 13.3 Å². The average molecular weight is 256 g/mol. The number of phenolic OH excluding ortho intramolecular Hbond substituents is 1. The number of benzene rings is 2. The predicted octanol–water partition coefficient (Wildman–Crippen LogP) is 3.51. The first-order valence-corrected chi connectivity index (χ1v) is 6.25. The summed E-state index contributed by atoms with van der Waals surface area (Å²) in [5, 5.41) is 11.9. The Morgan fingerprint density at radius 3 is 2.84 bits per heavy atom. The third-order valence-electron chi connectivity index (χ3n) is 2.82. The van der Waals surface area contributed by atoms with Crippen LogP contribution in [0, 0.1) is 0 Å². The van der Waals surface area contributed by atoms with E-state index in [4.69, 9.17) is 4.74 Å². The van der Waals surface area contributed by atoms with Gasteiger partial charge in [-0.3, -0.25) is 4.79 Å². The quantitative estimate of drug-likeness (QED) is 0.851. The lowest BCUT2D eigenvalue weighted by Crippen LogP contribution is -2.01. The van der Waals surface area contributed by atoms with Gasteiger partial charge >= 0.3 is 5.97 Å². The molecule has 0 aliphatic carbocycles. The van der Waals surface area contributed by atoms with Crippen LogP contribution in [0.5, 0.6) is 5.75 Å². The van der Waals surface area contributed by atoms with E-state index in [0.29, 0.717) is 12.2 Å². The number of aromatic hydroxyl groups is 1. The van der Waals surface area contributed by atoms with Gasteiger partial charge in [0.25, 0.3) is 0 Å². The summed E-state index contributed by atoms with van der Waals surface area (Å²) in [6.45, 7) is 2.16. The van der Waals surface area contributed by atoms with E-state index in [1.807, 2.05) is 36.4 Å². The van der Waals surface area contributed by atoms with Crippen LogP contribution in [0.3, 0.4) is 0 Å². The molecule has 3 heteroatoms. The molecule has 0 aliphatic heterocycles. The molecule has 1 N–H and O–H groups in total. The van der Waals surface area contributed by atoms with E-state index >= 15 is 0 Å². The Morgan fingerprint density at radius 2 is 2.05 bits per heavy atom. The number of carbonyl (C=O) groups excluding carboxylic acids is 1. The Balaban J connectivity index is 2.19. The van der Waals surface area contributed by atoms with Crippen molar-refractivity contribution in [1.82, 2.24) is 0 Å². The van der Waals surface area contributed by atoms with Crippen molar-refractivity contribution in [2.75, 3.05) is 6.61 Å². The molecule has 0 unspecified atom stereocenters. The lowest BCUT2D eigenvalue weighted by atomic mass is 10.0. The summed E-state index contributed by atoms with van der Waals surface area (Å²) >= 11 is 0. The summed E-state index contributed by atoms with van der Waals surface area (Å²) in [6.07, 6.45) is 3.64. The minimum absolute atomic E-state index is 0.208. The molecule has 98 valence electrons. The maximum absolute atomic E-state index is 11.2. The fourth-order valence-electron chi connectivity index (χ4n) is 1.91. The van der Waals surface area contributed by atoms with Gasteiger partial charge in [0.2, 0.25) is 0 Å². The molecule has 2 aromatic rings. The Kier molecular flexibility index (Phi) is 4.18. The van der Waals surface area contributed by atoms with Gasteiger partial charge in [0, 0.05) is 10.9 Å². The van der Waals surface area contributed by atoms with Crippen LogP contribution in [0.1, 0.15) is 18.9 Å². The molecule has 0 bridgehead atoms. The molecule has 3 nitrogen and oxygen atoms in total. The zero-order valence-electron chi connectivity index (χ0n) is 10.8. The van der Waals surface area contributed by atoms with E-state index in [9.17, 15) is 9.90 Å². The third-order valence-corrected chi connectivity index (χ3v) is 2.82. The van der Waals surface area contributed by atoms with Crippen LogP contribution in [0.25, 0.3) is 16.8 Å². The number of phenols is 1. The van der Waals surface area contributed by atoms with E-state index in [1.54, 1.807) is 19.1 Å².